The molecule has 0 aliphatic carbocycles. The van der Waals surface area contributed by atoms with Crippen molar-refractivity contribution in [1.29, 1.82) is 0 Å². The Hall–Kier alpha value is 0.220. The van der Waals surface area contributed by atoms with Crippen molar-refractivity contribution in [2.75, 3.05) is 17.3 Å². The highest BCUT2D eigenvalue weighted by Gasteiger charge is 2.20. The molecule has 1 fully saturated rings. The van der Waals surface area contributed by atoms with Crippen molar-refractivity contribution in [3.05, 3.63) is 0 Å². The third-order valence-corrected chi connectivity index (χ3v) is 5.04. The second-order valence-electron chi connectivity index (χ2n) is 3.11. The molecule has 2 atom stereocenters. The standard InChI is InChI=1S/C10H17NS2/c1-2-3-4-5-9(11)10-8-12-6-7-13-10/h9-10H,4-8,11H2,1H3. The normalized spacial score (nSPS) is 24.6. The lowest BCUT2D eigenvalue weighted by Crippen LogP contribution is -2.36. The van der Waals surface area contributed by atoms with Gasteiger partial charge in [-0.25, -0.2) is 0 Å². The Labute approximate surface area is 89.6 Å². The molecule has 1 aliphatic rings. The second-order valence-corrected chi connectivity index (χ2v) is 5.61. The molecule has 1 saturated heterocycles. The van der Waals surface area contributed by atoms with Gasteiger partial charge < -0.3 is 5.73 Å². The van der Waals surface area contributed by atoms with Gasteiger partial charge in [0.1, 0.15) is 0 Å². The van der Waals surface area contributed by atoms with Crippen LogP contribution >= 0.6 is 23.5 Å². The van der Waals surface area contributed by atoms with Crippen LogP contribution in [0.25, 0.3) is 0 Å². The molecular formula is C10H17NS2. The molecule has 0 saturated carbocycles. The van der Waals surface area contributed by atoms with Gasteiger partial charge >= 0.3 is 0 Å². The summed E-state index contributed by atoms with van der Waals surface area (Å²) in [7, 11) is 0. The Morgan fingerprint density at radius 2 is 2.38 bits per heavy atom. The number of hydrogen-bond donors (Lipinski definition) is 1. The van der Waals surface area contributed by atoms with Crippen LogP contribution in [0.3, 0.4) is 0 Å². The van der Waals surface area contributed by atoms with Gasteiger partial charge in [-0.1, -0.05) is 0 Å². The summed E-state index contributed by atoms with van der Waals surface area (Å²) in [5.41, 5.74) is 6.09. The minimum atomic E-state index is 0.346. The molecule has 1 aliphatic heterocycles. The lowest BCUT2D eigenvalue weighted by atomic mass is 10.1. The fourth-order valence-corrected chi connectivity index (χ4v) is 4.17. The van der Waals surface area contributed by atoms with Crippen molar-refractivity contribution in [3.8, 4) is 11.8 Å². The van der Waals surface area contributed by atoms with Crippen molar-refractivity contribution >= 4 is 23.5 Å². The smallest absolute Gasteiger partial charge is 0.0290 e. The van der Waals surface area contributed by atoms with Crippen LogP contribution in [0, 0.1) is 11.8 Å². The minimum Gasteiger partial charge on any atom is -0.327 e. The number of nitrogens with two attached hydrogens (primary N) is 1. The molecule has 13 heavy (non-hydrogen) atoms. The van der Waals surface area contributed by atoms with E-state index in [0.29, 0.717) is 11.3 Å². The maximum Gasteiger partial charge on any atom is 0.0290 e. The minimum absolute atomic E-state index is 0.346. The first-order valence-electron chi connectivity index (χ1n) is 4.69. The zero-order valence-corrected chi connectivity index (χ0v) is 9.72. The maximum absolute atomic E-state index is 6.09. The molecule has 0 spiro atoms. The predicted molar refractivity (Wildman–Crippen MR) is 64.2 cm³/mol. The van der Waals surface area contributed by atoms with Gasteiger partial charge in [0.2, 0.25) is 0 Å². The zero-order valence-electron chi connectivity index (χ0n) is 8.08. The van der Waals surface area contributed by atoms with Crippen LogP contribution < -0.4 is 5.73 Å². The van der Waals surface area contributed by atoms with Crippen LogP contribution in [-0.4, -0.2) is 28.6 Å². The van der Waals surface area contributed by atoms with E-state index in [0.717, 1.165) is 12.8 Å². The second kappa shape index (κ2) is 6.64. The fourth-order valence-electron chi connectivity index (χ4n) is 1.30. The highest BCUT2D eigenvalue weighted by atomic mass is 32.2. The quantitative estimate of drug-likeness (QED) is 0.729. The Kier molecular flexibility index (Phi) is 5.77. The van der Waals surface area contributed by atoms with Crippen molar-refractivity contribution < 1.29 is 0 Å². The molecule has 0 aromatic carbocycles. The van der Waals surface area contributed by atoms with Crippen molar-refractivity contribution in [2.45, 2.75) is 31.1 Å². The molecule has 2 unspecified atom stereocenters. The van der Waals surface area contributed by atoms with Crippen LogP contribution in [0.4, 0.5) is 0 Å². The Morgan fingerprint density at radius 3 is 3.00 bits per heavy atom. The molecule has 1 rings (SSSR count). The van der Waals surface area contributed by atoms with E-state index in [1.807, 2.05) is 30.4 Å². The van der Waals surface area contributed by atoms with E-state index in [9.17, 15) is 0 Å². The van der Waals surface area contributed by atoms with E-state index in [2.05, 4.69) is 11.8 Å². The van der Waals surface area contributed by atoms with Gasteiger partial charge in [0.15, 0.2) is 0 Å². The van der Waals surface area contributed by atoms with Crippen LogP contribution in [0.1, 0.15) is 19.8 Å². The molecular weight excluding hydrogens is 198 g/mol. The van der Waals surface area contributed by atoms with E-state index in [1.165, 1.54) is 17.3 Å². The summed E-state index contributed by atoms with van der Waals surface area (Å²) in [6.07, 6.45) is 2.01. The molecule has 1 nitrogen and oxygen atoms in total. The molecule has 0 aromatic rings. The largest absolute Gasteiger partial charge is 0.327 e. The van der Waals surface area contributed by atoms with Gasteiger partial charge in [-0.05, 0) is 13.3 Å². The summed E-state index contributed by atoms with van der Waals surface area (Å²) in [4.78, 5) is 0. The predicted octanol–water partition coefficient (Wildman–Crippen LogP) is 1.97. The SMILES string of the molecule is CC#CCCC(N)C1CSCCS1. The van der Waals surface area contributed by atoms with Gasteiger partial charge in [0, 0.05) is 35.0 Å². The Morgan fingerprint density at radius 1 is 1.54 bits per heavy atom. The first-order valence-corrected chi connectivity index (χ1v) is 6.89. The molecule has 2 N–H and O–H groups in total. The summed E-state index contributed by atoms with van der Waals surface area (Å²) in [6, 6.07) is 0.346. The highest BCUT2D eigenvalue weighted by Crippen LogP contribution is 2.26. The van der Waals surface area contributed by atoms with Crippen molar-refractivity contribution in [3.63, 3.8) is 0 Å². The molecule has 0 bridgehead atoms. The van der Waals surface area contributed by atoms with Crippen LogP contribution in [0.2, 0.25) is 0 Å². The summed E-state index contributed by atoms with van der Waals surface area (Å²) >= 11 is 4.07. The van der Waals surface area contributed by atoms with E-state index in [1.54, 1.807) is 0 Å². The zero-order chi connectivity index (χ0) is 9.52. The molecule has 74 valence electrons. The summed E-state index contributed by atoms with van der Waals surface area (Å²) in [6.45, 7) is 1.89. The highest BCUT2D eigenvalue weighted by molar-refractivity contribution is 8.06. The lowest BCUT2D eigenvalue weighted by Gasteiger charge is -2.26. The van der Waals surface area contributed by atoms with Crippen LogP contribution in [0.5, 0.6) is 0 Å². The summed E-state index contributed by atoms with van der Waals surface area (Å²) < 4.78 is 0. The van der Waals surface area contributed by atoms with E-state index in [-0.39, 0.29) is 0 Å². The van der Waals surface area contributed by atoms with E-state index in [4.69, 9.17) is 5.73 Å². The number of hydrogen-bond acceptors (Lipinski definition) is 3. The van der Waals surface area contributed by atoms with Gasteiger partial charge in [-0.3, -0.25) is 0 Å². The molecule has 3 heteroatoms. The number of thioether (sulfide) groups is 2. The maximum atomic E-state index is 6.09. The monoisotopic (exact) mass is 215 g/mol. The lowest BCUT2D eigenvalue weighted by molar-refractivity contribution is 0.622. The van der Waals surface area contributed by atoms with Crippen LogP contribution in [0.15, 0.2) is 0 Å². The third kappa shape index (κ3) is 4.30. The Balaban J connectivity index is 2.19. The molecule has 0 aromatic heterocycles. The van der Waals surface area contributed by atoms with E-state index < -0.39 is 0 Å². The van der Waals surface area contributed by atoms with Gasteiger partial charge in [0.25, 0.3) is 0 Å². The molecule has 1 heterocycles. The third-order valence-electron chi connectivity index (χ3n) is 2.10. The molecule has 0 amide bonds. The van der Waals surface area contributed by atoms with Gasteiger partial charge in [-0.15, -0.1) is 11.8 Å². The van der Waals surface area contributed by atoms with Crippen molar-refractivity contribution in [1.82, 2.24) is 0 Å². The molecule has 0 radical (unpaired) electrons. The topological polar surface area (TPSA) is 26.0 Å². The average molecular weight is 215 g/mol. The first-order chi connectivity index (χ1) is 6.34. The van der Waals surface area contributed by atoms with Crippen molar-refractivity contribution in [2.24, 2.45) is 5.73 Å². The van der Waals surface area contributed by atoms with Crippen LogP contribution in [-0.2, 0) is 0 Å². The Bertz CT molecular complexity index is 189. The van der Waals surface area contributed by atoms with Gasteiger partial charge in [0.05, 0.1) is 0 Å². The average Bonchev–Trinajstić information content (AvgIpc) is 2.19. The first kappa shape index (κ1) is 11.3. The summed E-state index contributed by atoms with van der Waals surface area (Å²) in [5.74, 6) is 9.77. The van der Waals surface area contributed by atoms with Gasteiger partial charge in [-0.2, -0.15) is 23.5 Å². The fraction of sp³-hybridized carbons (Fsp3) is 0.800. The number of rotatable bonds is 3. The summed E-state index contributed by atoms with van der Waals surface area (Å²) in [5, 5.41) is 0.664. The van der Waals surface area contributed by atoms with E-state index >= 15 is 0 Å².